The summed E-state index contributed by atoms with van der Waals surface area (Å²) in [5.74, 6) is -0.506. The van der Waals surface area contributed by atoms with E-state index >= 15 is 0 Å². The molecule has 0 aliphatic rings. The molecule has 11 heteroatoms. The van der Waals surface area contributed by atoms with Gasteiger partial charge in [0.05, 0.1) is 15.5 Å². The van der Waals surface area contributed by atoms with E-state index in [-0.39, 0.29) is 21.2 Å². The molecule has 3 aromatic rings. The van der Waals surface area contributed by atoms with Gasteiger partial charge in [-0.05, 0) is 30.3 Å². The van der Waals surface area contributed by atoms with Gasteiger partial charge in [0.25, 0.3) is 15.9 Å². The average Bonchev–Trinajstić information content (AvgIpc) is 3.09. The zero-order chi connectivity index (χ0) is 21.0. The molecule has 0 aliphatic carbocycles. The number of rotatable bonds is 7. The number of nitrogens with one attached hydrogen (secondary N) is 2. The number of carbonyl (C=O) groups excluding carboxylic acids is 1. The standard InChI is InChI=1S/C18H17ClN4O3S3/c1-11(2)27-18-22-21-17(28-18)20-16(24)14-10-12(8-9-15(14)19)23-29(25,26)13-6-4-3-5-7-13/h3-11,23H,1-2H3,(H,20,21,24). The molecule has 0 saturated heterocycles. The van der Waals surface area contributed by atoms with E-state index in [0.29, 0.717) is 10.4 Å². The van der Waals surface area contributed by atoms with Gasteiger partial charge in [0.15, 0.2) is 4.34 Å². The lowest BCUT2D eigenvalue weighted by Gasteiger charge is -2.10. The summed E-state index contributed by atoms with van der Waals surface area (Å²) >= 11 is 8.94. The Balaban J connectivity index is 1.78. The van der Waals surface area contributed by atoms with Crippen molar-refractivity contribution in [1.29, 1.82) is 0 Å². The summed E-state index contributed by atoms with van der Waals surface area (Å²) in [7, 11) is -3.78. The van der Waals surface area contributed by atoms with E-state index in [4.69, 9.17) is 11.6 Å². The van der Waals surface area contributed by atoms with Crippen molar-refractivity contribution in [2.75, 3.05) is 10.0 Å². The number of nitrogens with zero attached hydrogens (tertiary/aromatic N) is 2. The fourth-order valence-corrected chi connectivity index (χ4v) is 5.49. The Morgan fingerprint density at radius 2 is 1.86 bits per heavy atom. The van der Waals surface area contributed by atoms with Crippen molar-refractivity contribution in [2.45, 2.75) is 28.3 Å². The smallest absolute Gasteiger partial charge is 0.261 e. The SMILES string of the molecule is CC(C)Sc1nnc(NC(=O)c2cc(NS(=O)(=O)c3ccccc3)ccc2Cl)s1. The van der Waals surface area contributed by atoms with Crippen LogP contribution in [-0.2, 0) is 10.0 Å². The van der Waals surface area contributed by atoms with Crippen LogP contribution in [0.3, 0.4) is 0 Å². The van der Waals surface area contributed by atoms with Gasteiger partial charge in [-0.3, -0.25) is 14.8 Å². The molecule has 3 rings (SSSR count). The molecule has 1 heterocycles. The highest BCUT2D eigenvalue weighted by atomic mass is 35.5. The molecule has 7 nitrogen and oxygen atoms in total. The lowest BCUT2D eigenvalue weighted by Crippen LogP contribution is -2.15. The van der Waals surface area contributed by atoms with Gasteiger partial charge < -0.3 is 0 Å². The van der Waals surface area contributed by atoms with Crippen molar-refractivity contribution in [2.24, 2.45) is 0 Å². The Morgan fingerprint density at radius 1 is 1.14 bits per heavy atom. The first-order chi connectivity index (χ1) is 13.7. The molecule has 152 valence electrons. The molecule has 0 radical (unpaired) electrons. The Labute approximate surface area is 182 Å². The van der Waals surface area contributed by atoms with Gasteiger partial charge in [-0.2, -0.15) is 0 Å². The second-order valence-corrected chi connectivity index (χ2v) is 11.0. The molecule has 0 fully saturated rings. The number of benzene rings is 2. The first-order valence-electron chi connectivity index (χ1n) is 8.43. The van der Waals surface area contributed by atoms with E-state index in [1.807, 2.05) is 13.8 Å². The molecule has 1 amide bonds. The fourth-order valence-electron chi connectivity index (χ4n) is 2.25. The summed E-state index contributed by atoms with van der Waals surface area (Å²) in [5.41, 5.74) is 0.338. The van der Waals surface area contributed by atoms with Gasteiger partial charge in [-0.15, -0.1) is 10.2 Å². The van der Waals surface area contributed by atoms with E-state index in [1.165, 1.54) is 41.7 Å². The summed E-state index contributed by atoms with van der Waals surface area (Å²) in [6.07, 6.45) is 0. The number of carbonyl (C=O) groups is 1. The number of anilines is 2. The second kappa shape index (κ2) is 9.12. The lowest BCUT2D eigenvalue weighted by molar-refractivity contribution is 0.102. The van der Waals surface area contributed by atoms with Gasteiger partial charge in [-0.1, -0.05) is 66.7 Å². The van der Waals surface area contributed by atoms with E-state index in [2.05, 4.69) is 20.2 Å². The molecule has 29 heavy (non-hydrogen) atoms. The number of sulfonamides is 1. The van der Waals surface area contributed by atoms with Gasteiger partial charge >= 0.3 is 0 Å². The zero-order valence-corrected chi connectivity index (χ0v) is 18.6. The number of hydrogen-bond acceptors (Lipinski definition) is 7. The zero-order valence-electron chi connectivity index (χ0n) is 15.4. The average molecular weight is 469 g/mol. The normalized spacial score (nSPS) is 11.4. The van der Waals surface area contributed by atoms with E-state index in [1.54, 1.807) is 30.0 Å². The van der Waals surface area contributed by atoms with Crippen molar-refractivity contribution in [3.8, 4) is 0 Å². The van der Waals surface area contributed by atoms with Crippen LogP contribution < -0.4 is 10.0 Å². The Morgan fingerprint density at radius 3 is 2.55 bits per heavy atom. The summed E-state index contributed by atoms with van der Waals surface area (Å²) in [4.78, 5) is 12.7. The molecule has 0 spiro atoms. The first-order valence-corrected chi connectivity index (χ1v) is 12.0. The molecular weight excluding hydrogens is 452 g/mol. The van der Waals surface area contributed by atoms with Crippen LogP contribution in [0.25, 0.3) is 0 Å². The molecule has 2 aromatic carbocycles. The maximum Gasteiger partial charge on any atom is 0.261 e. The monoisotopic (exact) mass is 468 g/mol. The van der Waals surface area contributed by atoms with Gasteiger partial charge in [0, 0.05) is 10.9 Å². The lowest BCUT2D eigenvalue weighted by atomic mass is 10.2. The molecule has 0 saturated carbocycles. The minimum atomic E-state index is -3.78. The highest BCUT2D eigenvalue weighted by molar-refractivity contribution is 8.01. The van der Waals surface area contributed by atoms with Crippen molar-refractivity contribution in [3.05, 3.63) is 59.1 Å². The van der Waals surface area contributed by atoms with Gasteiger partial charge in [0.1, 0.15) is 0 Å². The van der Waals surface area contributed by atoms with Crippen LogP contribution in [0.1, 0.15) is 24.2 Å². The minimum absolute atomic E-state index is 0.116. The molecule has 0 bridgehead atoms. The molecule has 1 aromatic heterocycles. The Kier molecular flexibility index (Phi) is 6.78. The van der Waals surface area contributed by atoms with Crippen LogP contribution in [0.2, 0.25) is 5.02 Å². The van der Waals surface area contributed by atoms with Crippen LogP contribution in [0.5, 0.6) is 0 Å². The first kappa shape index (κ1) is 21.6. The summed E-state index contributed by atoms with van der Waals surface area (Å²) in [6, 6.07) is 12.3. The Bertz CT molecular complexity index is 1120. The van der Waals surface area contributed by atoms with Crippen LogP contribution >= 0.6 is 34.7 Å². The summed E-state index contributed by atoms with van der Waals surface area (Å²) < 4.78 is 28.2. The van der Waals surface area contributed by atoms with Crippen LogP contribution in [0.15, 0.2) is 57.8 Å². The number of amides is 1. The van der Waals surface area contributed by atoms with Crippen LogP contribution in [-0.4, -0.2) is 29.8 Å². The third-order valence-corrected chi connectivity index (χ3v) is 7.13. The highest BCUT2D eigenvalue weighted by Gasteiger charge is 2.18. The number of thioether (sulfide) groups is 1. The molecule has 0 atom stereocenters. The van der Waals surface area contributed by atoms with Gasteiger partial charge in [-0.25, -0.2) is 8.42 Å². The van der Waals surface area contributed by atoms with Gasteiger partial charge in [0.2, 0.25) is 5.13 Å². The molecule has 2 N–H and O–H groups in total. The maximum atomic E-state index is 12.6. The van der Waals surface area contributed by atoms with Crippen LogP contribution in [0, 0.1) is 0 Å². The quantitative estimate of drug-likeness (QED) is 0.383. The largest absolute Gasteiger partial charge is 0.296 e. The fraction of sp³-hybridized carbons (Fsp3) is 0.167. The van der Waals surface area contributed by atoms with E-state index in [0.717, 1.165) is 4.34 Å². The molecule has 0 unspecified atom stereocenters. The summed E-state index contributed by atoms with van der Waals surface area (Å²) in [6.45, 7) is 4.07. The second-order valence-electron chi connectivity index (χ2n) is 6.11. The van der Waals surface area contributed by atoms with Crippen LogP contribution in [0.4, 0.5) is 10.8 Å². The van der Waals surface area contributed by atoms with E-state index < -0.39 is 15.9 Å². The van der Waals surface area contributed by atoms with E-state index in [9.17, 15) is 13.2 Å². The highest BCUT2D eigenvalue weighted by Crippen LogP contribution is 2.29. The Hall–Kier alpha value is -2.14. The van der Waals surface area contributed by atoms with Crippen molar-refractivity contribution in [1.82, 2.24) is 10.2 Å². The molecule has 0 aliphatic heterocycles. The van der Waals surface area contributed by atoms with Crippen molar-refractivity contribution < 1.29 is 13.2 Å². The predicted octanol–water partition coefficient (Wildman–Crippen LogP) is 4.75. The van der Waals surface area contributed by atoms with Crippen molar-refractivity contribution >= 4 is 61.4 Å². The molecular formula is C18H17ClN4O3S3. The topological polar surface area (TPSA) is 101 Å². The third kappa shape index (κ3) is 5.69. The third-order valence-electron chi connectivity index (χ3n) is 3.48. The predicted molar refractivity (Wildman–Crippen MR) is 118 cm³/mol. The maximum absolute atomic E-state index is 12.6. The number of aromatic nitrogens is 2. The minimum Gasteiger partial charge on any atom is -0.296 e. The summed E-state index contributed by atoms with van der Waals surface area (Å²) in [5, 5.41) is 11.5. The van der Waals surface area contributed by atoms with Crippen molar-refractivity contribution in [3.63, 3.8) is 0 Å². The number of hydrogen-bond donors (Lipinski definition) is 2. The number of halogens is 1.